The second kappa shape index (κ2) is 7.16. The lowest BCUT2D eigenvalue weighted by Crippen LogP contribution is -2.57. The molecule has 2 aromatic heterocycles. The Morgan fingerprint density at radius 2 is 2.25 bits per heavy atom. The molecule has 3 heterocycles. The van der Waals surface area contributed by atoms with E-state index in [4.69, 9.17) is 9.26 Å². The van der Waals surface area contributed by atoms with Gasteiger partial charge in [-0.3, -0.25) is 4.79 Å². The molecule has 8 heteroatoms. The fraction of sp³-hybridized carbons (Fsp3) is 0.600. The molecule has 1 atom stereocenters. The van der Waals surface area contributed by atoms with E-state index in [9.17, 15) is 4.79 Å². The van der Waals surface area contributed by atoms with E-state index >= 15 is 0 Å². The number of carbonyl (C=O) groups excluding carboxylic acids is 1. The molecule has 1 aliphatic carbocycles. The summed E-state index contributed by atoms with van der Waals surface area (Å²) in [6.45, 7) is 10.1. The Kier molecular flexibility index (Phi) is 4.82. The van der Waals surface area contributed by atoms with E-state index in [1.54, 1.807) is 0 Å². The summed E-state index contributed by atoms with van der Waals surface area (Å²) in [5.41, 5.74) is 0.476. The summed E-state index contributed by atoms with van der Waals surface area (Å²) in [5, 5.41) is 7.97. The number of hydrogen-bond acceptors (Lipinski definition) is 7. The molecule has 1 N–H and O–H groups in total. The molecule has 150 valence electrons. The number of aryl methyl sites for hydroxylation is 1. The van der Waals surface area contributed by atoms with Gasteiger partial charge in [-0.2, -0.15) is 4.98 Å². The molecule has 2 aromatic rings. The summed E-state index contributed by atoms with van der Waals surface area (Å²) in [6.07, 6.45) is 7.03. The number of ether oxygens (including phenoxy) is 1. The molecule has 0 bridgehead atoms. The molecule has 1 saturated carbocycles. The number of amides is 1. The minimum Gasteiger partial charge on any atom is -0.370 e. The average molecular weight is 385 g/mol. The summed E-state index contributed by atoms with van der Waals surface area (Å²) in [5.74, 6) is 0.909. The first kappa shape index (κ1) is 18.9. The van der Waals surface area contributed by atoms with Gasteiger partial charge in [0.25, 0.3) is 5.71 Å². The lowest BCUT2D eigenvalue weighted by Gasteiger charge is -2.43. The third kappa shape index (κ3) is 3.26. The molecule has 4 rings (SSSR count). The zero-order chi connectivity index (χ0) is 19.8. The average Bonchev–Trinajstić information content (AvgIpc) is 3.04. The molecule has 2 aliphatic rings. The smallest absolute Gasteiger partial charge is 0.263 e. The van der Waals surface area contributed by atoms with Crippen LogP contribution >= 0.6 is 0 Å². The topological polar surface area (TPSA) is 93.4 Å². The molecule has 0 spiro atoms. The van der Waals surface area contributed by atoms with Crippen LogP contribution in [0.5, 0.6) is 0 Å². The minimum atomic E-state index is -0.505. The van der Waals surface area contributed by atoms with Crippen molar-refractivity contribution in [3.63, 3.8) is 0 Å². The van der Waals surface area contributed by atoms with Crippen LogP contribution in [0.3, 0.4) is 0 Å². The summed E-state index contributed by atoms with van der Waals surface area (Å²) < 4.78 is 11.3. The van der Waals surface area contributed by atoms with Crippen LogP contribution in [0.15, 0.2) is 23.5 Å². The number of fused-ring (bicyclic) bond motifs is 1. The van der Waals surface area contributed by atoms with Crippen molar-refractivity contribution in [3.05, 3.63) is 24.7 Å². The normalized spacial score (nSPS) is 24.0. The molecule has 1 unspecified atom stereocenters. The summed E-state index contributed by atoms with van der Waals surface area (Å²) >= 11 is 0. The number of hydrogen-bond donors (Lipinski definition) is 1. The first-order valence-electron chi connectivity index (χ1n) is 9.81. The highest BCUT2D eigenvalue weighted by Crippen LogP contribution is 2.44. The summed E-state index contributed by atoms with van der Waals surface area (Å²) in [7, 11) is 0. The predicted octanol–water partition coefficient (Wildman–Crippen LogP) is 2.38. The van der Waals surface area contributed by atoms with E-state index in [1.807, 2.05) is 19.9 Å². The SMILES string of the molecule is C=CCC1(C(=O)NCC2(C)CN(c3ncnc4onc(C)c34)CCO2)CCC1. The van der Waals surface area contributed by atoms with Gasteiger partial charge in [0.05, 0.1) is 17.7 Å². The molecule has 2 fully saturated rings. The maximum Gasteiger partial charge on any atom is 0.263 e. The van der Waals surface area contributed by atoms with Gasteiger partial charge < -0.3 is 19.5 Å². The van der Waals surface area contributed by atoms with Crippen molar-refractivity contribution in [1.82, 2.24) is 20.4 Å². The molecule has 28 heavy (non-hydrogen) atoms. The number of carbonyl (C=O) groups is 1. The van der Waals surface area contributed by atoms with Crippen LogP contribution in [0.4, 0.5) is 5.82 Å². The fourth-order valence-electron chi connectivity index (χ4n) is 4.22. The van der Waals surface area contributed by atoms with Gasteiger partial charge in [0.15, 0.2) is 0 Å². The lowest BCUT2D eigenvalue weighted by atomic mass is 9.66. The van der Waals surface area contributed by atoms with Crippen molar-refractivity contribution in [3.8, 4) is 0 Å². The summed E-state index contributed by atoms with van der Waals surface area (Å²) in [6, 6.07) is 0. The number of aromatic nitrogens is 3. The Morgan fingerprint density at radius 1 is 1.43 bits per heavy atom. The van der Waals surface area contributed by atoms with Crippen LogP contribution in [0, 0.1) is 12.3 Å². The van der Waals surface area contributed by atoms with E-state index < -0.39 is 5.60 Å². The van der Waals surface area contributed by atoms with Gasteiger partial charge in [-0.15, -0.1) is 6.58 Å². The molecule has 1 amide bonds. The minimum absolute atomic E-state index is 0.111. The van der Waals surface area contributed by atoms with Gasteiger partial charge in [0, 0.05) is 19.6 Å². The molecule has 8 nitrogen and oxygen atoms in total. The van der Waals surface area contributed by atoms with Crippen molar-refractivity contribution in [2.75, 3.05) is 31.1 Å². The highest BCUT2D eigenvalue weighted by Gasteiger charge is 2.44. The van der Waals surface area contributed by atoms with Gasteiger partial charge in [0.2, 0.25) is 5.91 Å². The number of nitrogens with zero attached hydrogens (tertiary/aromatic N) is 4. The second-order valence-corrected chi connectivity index (χ2v) is 8.17. The van der Waals surface area contributed by atoms with E-state index in [1.165, 1.54) is 6.33 Å². The zero-order valence-corrected chi connectivity index (χ0v) is 16.5. The standard InChI is InChI=1S/C20H27N5O3/c1-4-6-20(7-5-8-20)18(26)21-11-19(3)12-25(9-10-27-19)16-15-14(2)24-28-17(15)23-13-22-16/h4,13H,1,5-12H2,2-3H3,(H,21,26). The molecular weight excluding hydrogens is 358 g/mol. The lowest BCUT2D eigenvalue weighted by molar-refractivity contribution is -0.137. The van der Waals surface area contributed by atoms with E-state index in [-0.39, 0.29) is 11.3 Å². The Hall–Kier alpha value is -2.48. The maximum atomic E-state index is 12.8. The van der Waals surface area contributed by atoms with Crippen molar-refractivity contribution < 1.29 is 14.1 Å². The van der Waals surface area contributed by atoms with E-state index in [0.717, 1.165) is 42.6 Å². The quantitative estimate of drug-likeness (QED) is 0.763. The number of allylic oxidation sites excluding steroid dienone is 1. The van der Waals surface area contributed by atoms with E-state index in [0.29, 0.717) is 32.0 Å². The van der Waals surface area contributed by atoms with Crippen LogP contribution in [-0.4, -0.2) is 52.9 Å². The van der Waals surface area contributed by atoms with Crippen molar-refractivity contribution in [2.45, 2.75) is 45.1 Å². The first-order valence-corrected chi connectivity index (χ1v) is 9.81. The molecule has 0 aromatic carbocycles. The van der Waals surface area contributed by atoms with Gasteiger partial charge in [-0.25, -0.2) is 4.98 Å². The Balaban J connectivity index is 1.47. The third-order valence-electron chi connectivity index (χ3n) is 6.01. The number of nitrogens with one attached hydrogen (secondary N) is 1. The number of rotatable bonds is 6. The largest absolute Gasteiger partial charge is 0.370 e. The van der Waals surface area contributed by atoms with Crippen molar-refractivity contribution in [2.24, 2.45) is 5.41 Å². The van der Waals surface area contributed by atoms with Crippen molar-refractivity contribution in [1.29, 1.82) is 0 Å². The first-order chi connectivity index (χ1) is 13.5. The Morgan fingerprint density at radius 3 is 2.96 bits per heavy atom. The van der Waals surface area contributed by atoms with Crippen LogP contribution < -0.4 is 10.2 Å². The summed E-state index contributed by atoms with van der Waals surface area (Å²) in [4.78, 5) is 23.6. The van der Waals surface area contributed by atoms with Crippen LogP contribution in [0.2, 0.25) is 0 Å². The third-order valence-corrected chi connectivity index (χ3v) is 6.01. The van der Waals surface area contributed by atoms with Crippen LogP contribution in [-0.2, 0) is 9.53 Å². The van der Waals surface area contributed by atoms with E-state index in [2.05, 4.69) is 31.9 Å². The van der Waals surface area contributed by atoms with Gasteiger partial charge in [0.1, 0.15) is 23.1 Å². The Bertz CT molecular complexity index is 891. The Labute approximate surface area is 164 Å². The predicted molar refractivity (Wildman–Crippen MR) is 105 cm³/mol. The molecule has 0 radical (unpaired) electrons. The highest BCUT2D eigenvalue weighted by molar-refractivity contribution is 5.88. The van der Waals surface area contributed by atoms with Gasteiger partial charge in [-0.1, -0.05) is 17.7 Å². The fourth-order valence-corrected chi connectivity index (χ4v) is 4.22. The second-order valence-electron chi connectivity index (χ2n) is 8.17. The monoisotopic (exact) mass is 385 g/mol. The van der Waals surface area contributed by atoms with Gasteiger partial charge >= 0.3 is 0 Å². The van der Waals surface area contributed by atoms with Crippen molar-refractivity contribution >= 4 is 22.8 Å². The van der Waals surface area contributed by atoms with Crippen LogP contribution in [0.1, 0.15) is 38.3 Å². The zero-order valence-electron chi connectivity index (χ0n) is 16.5. The molecular formula is C20H27N5O3. The van der Waals surface area contributed by atoms with Crippen LogP contribution in [0.25, 0.3) is 11.1 Å². The highest BCUT2D eigenvalue weighted by atomic mass is 16.5. The van der Waals surface area contributed by atoms with Gasteiger partial charge in [-0.05, 0) is 33.1 Å². The maximum absolute atomic E-state index is 12.8. The molecule has 1 aliphatic heterocycles. The number of anilines is 1. The number of morpholine rings is 1. The molecule has 1 saturated heterocycles.